The van der Waals surface area contributed by atoms with Gasteiger partial charge < -0.3 is 15.0 Å². The SMILES string of the molecule is CCn1cncc1C(CO)NC1CCCCCC1. The molecule has 1 fully saturated rings. The molecule has 1 aromatic rings. The Morgan fingerprint density at radius 1 is 1.39 bits per heavy atom. The molecule has 0 aliphatic heterocycles. The van der Waals surface area contributed by atoms with Crippen molar-refractivity contribution in [1.29, 1.82) is 0 Å². The van der Waals surface area contributed by atoms with Crippen molar-refractivity contribution < 1.29 is 5.11 Å². The van der Waals surface area contributed by atoms with Crippen LogP contribution in [0.25, 0.3) is 0 Å². The first-order valence-electron chi connectivity index (χ1n) is 7.22. The minimum absolute atomic E-state index is 0.0237. The Labute approximate surface area is 109 Å². The standard InChI is InChI=1S/C14H25N3O/c1-2-17-11-15-9-14(17)13(10-18)16-12-7-5-3-4-6-8-12/h9,11-13,16,18H,2-8,10H2,1H3. The third kappa shape index (κ3) is 3.33. The van der Waals surface area contributed by atoms with Crippen LogP contribution in [0.4, 0.5) is 0 Å². The topological polar surface area (TPSA) is 50.1 Å². The Morgan fingerprint density at radius 3 is 2.72 bits per heavy atom. The summed E-state index contributed by atoms with van der Waals surface area (Å²) in [6.45, 7) is 3.14. The molecule has 1 unspecified atom stereocenters. The van der Waals surface area contributed by atoms with Gasteiger partial charge in [0.25, 0.3) is 0 Å². The summed E-state index contributed by atoms with van der Waals surface area (Å²) in [5.41, 5.74) is 1.10. The van der Waals surface area contributed by atoms with Gasteiger partial charge in [-0.25, -0.2) is 4.98 Å². The molecule has 1 aliphatic carbocycles. The minimum atomic E-state index is 0.0237. The van der Waals surface area contributed by atoms with Gasteiger partial charge in [-0.05, 0) is 19.8 Å². The van der Waals surface area contributed by atoms with E-state index in [1.807, 2.05) is 12.5 Å². The van der Waals surface area contributed by atoms with Crippen molar-refractivity contribution in [1.82, 2.24) is 14.9 Å². The lowest BCUT2D eigenvalue weighted by molar-refractivity contribution is 0.222. The lowest BCUT2D eigenvalue weighted by Gasteiger charge is -2.24. The molecule has 4 nitrogen and oxygen atoms in total. The lowest BCUT2D eigenvalue weighted by Crippen LogP contribution is -2.35. The highest BCUT2D eigenvalue weighted by Gasteiger charge is 2.20. The molecule has 1 aliphatic rings. The number of rotatable bonds is 5. The van der Waals surface area contributed by atoms with Crippen molar-refractivity contribution in [3.8, 4) is 0 Å². The van der Waals surface area contributed by atoms with E-state index in [1.54, 1.807) is 0 Å². The molecule has 1 aromatic heterocycles. The van der Waals surface area contributed by atoms with Gasteiger partial charge in [0.05, 0.1) is 24.7 Å². The van der Waals surface area contributed by atoms with Gasteiger partial charge in [0.1, 0.15) is 0 Å². The van der Waals surface area contributed by atoms with E-state index in [0.29, 0.717) is 6.04 Å². The quantitative estimate of drug-likeness (QED) is 0.789. The van der Waals surface area contributed by atoms with Gasteiger partial charge in [0.15, 0.2) is 0 Å². The highest BCUT2D eigenvalue weighted by Crippen LogP contribution is 2.21. The van der Waals surface area contributed by atoms with Crippen molar-refractivity contribution in [2.24, 2.45) is 0 Å². The van der Waals surface area contributed by atoms with Crippen LogP contribution >= 0.6 is 0 Å². The fourth-order valence-corrected chi connectivity index (χ4v) is 2.85. The zero-order valence-corrected chi connectivity index (χ0v) is 11.3. The van der Waals surface area contributed by atoms with Crippen LogP contribution in [0.2, 0.25) is 0 Å². The molecule has 4 heteroatoms. The fourth-order valence-electron chi connectivity index (χ4n) is 2.85. The van der Waals surface area contributed by atoms with Crippen LogP contribution < -0.4 is 5.32 Å². The number of aliphatic hydroxyl groups excluding tert-OH is 1. The zero-order chi connectivity index (χ0) is 12.8. The van der Waals surface area contributed by atoms with Gasteiger partial charge in [0.2, 0.25) is 0 Å². The van der Waals surface area contributed by atoms with Crippen LogP contribution in [0.3, 0.4) is 0 Å². The Morgan fingerprint density at radius 2 is 2.11 bits per heavy atom. The third-order valence-corrected chi connectivity index (χ3v) is 3.92. The Hall–Kier alpha value is -0.870. The minimum Gasteiger partial charge on any atom is -0.394 e. The van der Waals surface area contributed by atoms with Gasteiger partial charge in [-0.1, -0.05) is 25.7 Å². The summed E-state index contributed by atoms with van der Waals surface area (Å²) >= 11 is 0. The average Bonchev–Trinajstić information content (AvgIpc) is 2.72. The largest absolute Gasteiger partial charge is 0.394 e. The van der Waals surface area contributed by atoms with Gasteiger partial charge in [-0.2, -0.15) is 0 Å². The number of imidazole rings is 1. The third-order valence-electron chi connectivity index (χ3n) is 3.92. The molecule has 1 atom stereocenters. The van der Waals surface area contributed by atoms with Crippen molar-refractivity contribution in [2.45, 2.75) is 64.1 Å². The van der Waals surface area contributed by atoms with Crippen LogP contribution in [0, 0.1) is 0 Å². The van der Waals surface area contributed by atoms with E-state index in [4.69, 9.17) is 0 Å². The fraction of sp³-hybridized carbons (Fsp3) is 0.786. The van der Waals surface area contributed by atoms with Gasteiger partial charge in [-0.3, -0.25) is 0 Å². The predicted octanol–water partition coefficient (Wildman–Crippen LogP) is 2.25. The average molecular weight is 251 g/mol. The summed E-state index contributed by atoms with van der Waals surface area (Å²) in [4.78, 5) is 4.19. The van der Waals surface area contributed by atoms with Crippen molar-refractivity contribution >= 4 is 0 Å². The summed E-state index contributed by atoms with van der Waals surface area (Å²) < 4.78 is 2.10. The summed E-state index contributed by atoms with van der Waals surface area (Å²) in [5.74, 6) is 0. The molecular weight excluding hydrogens is 226 g/mol. The number of hydrogen-bond acceptors (Lipinski definition) is 3. The molecule has 0 radical (unpaired) electrons. The number of aryl methyl sites for hydroxylation is 1. The molecular formula is C14H25N3O. The second-order valence-corrected chi connectivity index (χ2v) is 5.19. The predicted molar refractivity (Wildman–Crippen MR) is 72.4 cm³/mol. The maximum atomic E-state index is 9.62. The molecule has 0 bridgehead atoms. The Bertz CT molecular complexity index is 343. The van der Waals surface area contributed by atoms with E-state index in [2.05, 4.69) is 21.8 Å². The van der Waals surface area contributed by atoms with E-state index >= 15 is 0 Å². The van der Waals surface area contributed by atoms with Crippen LogP contribution in [0.15, 0.2) is 12.5 Å². The molecule has 0 aromatic carbocycles. The first-order valence-corrected chi connectivity index (χ1v) is 7.22. The molecule has 102 valence electrons. The van der Waals surface area contributed by atoms with Gasteiger partial charge in [-0.15, -0.1) is 0 Å². The summed E-state index contributed by atoms with van der Waals surface area (Å²) in [5, 5.41) is 13.2. The van der Waals surface area contributed by atoms with E-state index in [-0.39, 0.29) is 12.6 Å². The van der Waals surface area contributed by atoms with Crippen LogP contribution in [-0.2, 0) is 6.54 Å². The van der Waals surface area contributed by atoms with Gasteiger partial charge >= 0.3 is 0 Å². The maximum Gasteiger partial charge on any atom is 0.0948 e. The number of aliphatic hydroxyl groups is 1. The molecule has 2 rings (SSSR count). The first-order chi connectivity index (χ1) is 8.85. The number of nitrogens with zero attached hydrogens (tertiary/aromatic N) is 2. The number of aromatic nitrogens is 2. The summed E-state index contributed by atoms with van der Waals surface area (Å²) in [6, 6.07) is 0.570. The second-order valence-electron chi connectivity index (χ2n) is 5.19. The maximum absolute atomic E-state index is 9.62. The molecule has 18 heavy (non-hydrogen) atoms. The van der Waals surface area contributed by atoms with Crippen molar-refractivity contribution in [2.75, 3.05) is 6.61 Å². The molecule has 0 saturated heterocycles. The van der Waals surface area contributed by atoms with Crippen molar-refractivity contribution in [3.63, 3.8) is 0 Å². The summed E-state index contributed by atoms with van der Waals surface area (Å²) in [6.07, 6.45) is 11.5. The van der Waals surface area contributed by atoms with Gasteiger partial charge in [0, 0.05) is 18.8 Å². The molecule has 0 amide bonds. The lowest BCUT2D eigenvalue weighted by atomic mass is 10.1. The Balaban J connectivity index is 1.99. The van der Waals surface area contributed by atoms with E-state index < -0.39 is 0 Å². The van der Waals surface area contributed by atoms with Crippen LogP contribution in [-0.4, -0.2) is 27.3 Å². The molecule has 1 heterocycles. The highest BCUT2D eigenvalue weighted by atomic mass is 16.3. The normalized spacial score (nSPS) is 19.7. The van der Waals surface area contributed by atoms with E-state index in [1.165, 1.54) is 38.5 Å². The summed E-state index contributed by atoms with van der Waals surface area (Å²) in [7, 11) is 0. The van der Waals surface area contributed by atoms with Crippen molar-refractivity contribution in [3.05, 3.63) is 18.2 Å². The zero-order valence-electron chi connectivity index (χ0n) is 11.3. The highest BCUT2D eigenvalue weighted by molar-refractivity contribution is 5.06. The monoisotopic (exact) mass is 251 g/mol. The van der Waals surface area contributed by atoms with E-state index in [9.17, 15) is 5.11 Å². The second kappa shape index (κ2) is 6.90. The number of hydrogen-bond donors (Lipinski definition) is 2. The molecule has 0 spiro atoms. The first kappa shape index (κ1) is 13.6. The smallest absolute Gasteiger partial charge is 0.0948 e. The van der Waals surface area contributed by atoms with E-state index in [0.717, 1.165) is 12.2 Å². The molecule has 1 saturated carbocycles. The molecule has 2 N–H and O–H groups in total. The van der Waals surface area contributed by atoms with Crippen LogP contribution in [0.5, 0.6) is 0 Å². The Kier molecular flexibility index (Phi) is 5.20. The number of nitrogens with one attached hydrogen (secondary N) is 1. The van der Waals surface area contributed by atoms with Crippen LogP contribution in [0.1, 0.15) is 57.2 Å².